The summed E-state index contributed by atoms with van der Waals surface area (Å²) in [4.78, 5) is 16.9. The summed E-state index contributed by atoms with van der Waals surface area (Å²) in [6.07, 6.45) is 5.42. The zero-order valence-electron chi connectivity index (χ0n) is 11.7. The smallest absolute Gasteiger partial charge is 0.225 e. The van der Waals surface area contributed by atoms with E-state index in [2.05, 4.69) is 16.7 Å². The van der Waals surface area contributed by atoms with Crippen LogP contribution in [0.25, 0.3) is 0 Å². The van der Waals surface area contributed by atoms with Crippen molar-refractivity contribution in [1.82, 2.24) is 9.80 Å². The van der Waals surface area contributed by atoms with Crippen LogP contribution in [0.1, 0.15) is 39.0 Å². The largest absolute Gasteiger partial charge is 0.384 e. The Morgan fingerprint density at radius 3 is 2.67 bits per heavy atom. The first-order valence-electron chi connectivity index (χ1n) is 7.30. The molecule has 0 aromatic rings. The summed E-state index contributed by atoms with van der Waals surface area (Å²) in [7, 11) is 1.66. The van der Waals surface area contributed by atoms with E-state index in [4.69, 9.17) is 4.74 Å². The van der Waals surface area contributed by atoms with E-state index in [1.54, 1.807) is 7.11 Å². The lowest BCUT2D eigenvalue weighted by molar-refractivity contribution is -0.134. The summed E-state index contributed by atoms with van der Waals surface area (Å²) in [5, 5.41) is 0. The van der Waals surface area contributed by atoms with Crippen molar-refractivity contribution in [2.75, 3.05) is 33.4 Å². The normalized spacial score (nSPS) is 29.1. The molecule has 0 radical (unpaired) electrons. The van der Waals surface area contributed by atoms with Gasteiger partial charge in [-0.05, 0) is 38.8 Å². The lowest BCUT2D eigenvalue weighted by Gasteiger charge is -2.34. The van der Waals surface area contributed by atoms with Gasteiger partial charge < -0.3 is 9.64 Å². The molecule has 2 fully saturated rings. The summed E-state index contributed by atoms with van der Waals surface area (Å²) >= 11 is 0. The van der Waals surface area contributed by atoms with Gasteiger partial charge in [-0.25, -0.2) is 0 Å². The average molecular weight is 254 g/mol. The molecule has 18 heavy (non-hydrogen) atoms. The van der Waals surface area contributed by atoms with E-state index in [1.807, 2.05) is 0 Å². The molecular weight excluding hydrogens is 228 g/mol. The third-order valence-corrected chi connectivity index (χ3v) is 4.40. The fraction of sp³-hybridized carbons (Fsp3) is 0.929. The zero-order chi connectivity index (χ0) is 13.0. The quantitative estimate of drug-likeness (QED) is 0.745. The molecule has 1 amide bonds. The van der Waals surface area contributed by atoms with Crippen LogP contribution in [0.2, 0.25) is 0 Å². The van der Waals surface area contributed by atoms with E-state index in [9.17, 15) is 4.79 Å². The molecule has 0 N–H and O–H groups in total. The Balaban J connectivity index is 1.96. The number of methoxy groups -OCH3 is 1. The van der Waals surface area contributed by atoms with Crippen LogP contribution in [0.15, 0.2) is 0 Å². The van der Waals surface area contributed by atoms with Gasteiger partial charge in [-0.1, -0.05) is 6.92 Å². The van der Waals surface area contributed by atoms with Crippen LogP contribution in [0.4, 0.5) is 0 Å². The fourth-order valence-corrected chi connectivity index (χ4v) is 3.52. The van der Waals surface area contributed by atoms with Crippen molar-refractivity contribution in [3.63, 3.8) is 0 Å². The Labute approximate surface area is 110 Å². The number of rotatable bonds is 5. The van der Waals surface area contributed by atoms with Crippen LogP contribution < -0.4 is 0 Å². The third-order valence-electron chi connectivity index (χ3n) is 4.40. The molecule has 4 nitrogen and oxygen atoms in total. The monoisotopic (exact) mass is 254 g/mol. The number of likely N-dealkylation sites (tertiary alicyclic amines) is 2. The highest BCUT2D eigenvalue weighted by molar-refractivity contribution is 5.77. The standard InChI is InChI=1S/C14H26N2O2/c1-3-15-9-4-6-12(15)13-7-5-10-16(13)14(17)8-11-18-2/h12-13H,3-11H2,1-2H3/t12-,13-/m1/s1. The van der Waals surface area contributed by atoms with Crippen LogP contribution in [-0.2, 0) is 9.53 Å². The van der Waals surface area contributed by atoms with Crippen LogP contribution >= 0.6 is 0 Å². The van der Waals surface area contributed by atoms with Gasteiger partial charge in [-0.2, -0.15) is 0 Å². The second kappa shape index (κ2) is 6.53. The van der Waals surface area contributed by atoms with E-state index in [0.717, 1.165) is 19.5 Å². The zero-order valence-corrected chi connectivity index (χ0v) is 11.7. The maximum Gasteiger partial charge on any atom is 0.225 e. The second-order valence-electron chi connectivity index (χ2n) is 5.38. The number of carbonyl (C=O) groups is 1. The molecule has 2 saturated heterocycles. The van der Waals surface area contributed by atoms with Crippen molar-refractivity contribution < 1.29 is 9.53 Å². The number of hydrogen-bond donors (Lipinski definition) is 0. The SMILES string of the molecule is CCN1CCC[C@@H]1[C@H]1CCCN1C(=O)CCOC. The lowest BCUT2D eigenvalue weighted by Crippen LogP contribution is -2.48. The summed E-state index contributed by atoms with van der Waals surface area (Å²) in [6, 6.07) is 1.06. The summed E-state index contributed by atoms with van der Waals surface area (Å²) < 4.78 is 5.02. The van der Waals surface area contributed by atoms with E-state index >= 15 is 0 Å². The maximum atomic E-state index is 12.2. The van der Waals surface area contributed by atoms with Gasteiger partial charge in [-0.15, -0.1) is 0 Å². The van der Waals surface area contributed by atoms with Gasteiger partial charge >= 0.3 is 0 Å². The molecule has 2 aliphatic rings. The van der Waals surface area contributed by atoms with Crippen molar-refractivity contribution in [3.05, 3.63) is 0 Å². The van der Waals surface area contributed by atoms with E-state index in [0.29, 0.717) is 25.1 Å². The average Bonchev–Trinajstić information content (AvgIpc) is 3.02. The molecule has 104 valence electrons. The molecule has 4 heteroatoms. The molecule has 2 rings (SSSR count). The first-order chi connectivity index (χ1) is 8.77. The molecule has 0 bridgehead atoms. The molecule has 0 spiro atoms. The molecule has 0 saturated carbocycles. The van der Waals surface area contributed by atoms with E-state index in [1.165, 1.54) is 25.8 Å². The Morgan fingerprint density at radius 1 is 1.22 bits per heavy atom. The van der Waals surface area contributed by atoms with Crippen molar-refractivity contribution in [1.29, 1.82) is 0 Å². The summed E-state index contributed by atoms with van der Waals surface area (Å²) in [5.74, 6) is 0.280. The molecule has 0 aromatic carbocycles. The Morgan fingerprint density at radius 2 is 1.94 bits per heavy atom. The van der Waals surface area contributed by atoms with E-state index < -0.39 is 0 Å². The number of likely N-dealkylation sites (N-methyl/N-ethyl adjacent to an activating group) is 1. The number of nitrogens with zero attached hydrogens (tertiary/aromatic N) is 2. The predicted molar refractivity (Wildman–Crippen MR) is 71.5 cm³/mol. The minimum Gasteiger partial charge on any atom is -0.384 e. The Hall–Kier alpha value is -0.610. The molecular formula is C14H26N2O2. The highest BCUT2D eigenvalue weighted by Crippen LogP contribution is 2.30. The van der Waals surface area contributed by atoms with Crippen molar-refractivity contribution >= 4 is 5.91 Å². The van der Waals surface area contributed by atoms with Gasteiger partial charge in [0.25, 0.3) is 0 Å². The Bertz CT molecular complexity index is 283. The molecule has 0 aromatic heterocycles. The van der Waals surface area contributed by atoms with Gasteiger partial charge in [-0.3, -0.25) is 9.69 Å². The van der Waals surface area contributed by atoms with Gasteiger partial charge in [0.15, 0.2) is 0 Å². The van der Waals surface area contributed by atoms with Crippen LogP contribution in [0.3, 0.4) is 0 Å². The van der Waals surface area contributed by atoms with Crippen LogP contribution in [0, 0.1) is 0 Å². The third kappa shape index (κ3) is 2.86. The number of amides is 1. The maximum absolute atomic E-state index is 12.2. The number of hydrogen-bond acceptors (Lipinski definition) is 3. The highest BCUT2D eigenvalue weighted by atomic mass is 16.5. The van der Waals surface area contributed by atoms with Crippen LogP contribution in [-0.4, -0.2) is 61.1 Å². The first kappa shape index (κ1) is 13.8. The Kier molecular flexibility index (Phi) is 5.01. The fourth-order valence-electron chi connectivity index (χ4n) is 3.52. The molecule has 2 heterocycles. The second-order valence-corrected chi connectivity index (χ2v) is 5.38. The van der Waals surface area contributed by atoms with Crippen LogP contribution in [0.5, 0.6) is 0 Å². The molecule has 2 aliphatic heterocycles. The predicted octanol–water partition coefficient (Wildman–Crippen LogP) is 1.50. The minimum atomic E-state index is 0.280. The summed E-state index contributed by atoms with van der Waals surface area (Å²) in [6.45, 7) is 6.04. The number of ether oxygens (including phenoxy) is 1. The molecule has 0 aliphatic carbocycles. The van der Waals surface area contributed by atoms with Crippen molar-refractivity contribution in [3.8, 4) is 0 Å². The van der Waals surface area contributed by atoms with Gasteiger partial charge in [0.1, 0.15) is 0 Å². The van der Waals surface area contributed by atoms with Gasteiger partial charge in [0.05, 0.1) is 13.0 Å². The highest BCUT2D eigenvalue weighted by Gasteiger charge is 2.38. The molecule has 0 unspecified atom stereocenters. The minimum absolute atomic E-state index is 0.280. The summed E-state index contributed by atoms with van der Waals surface area (Å²) in [5.41, 5.74) is 0. The van der Waals surface area contributed by atoms with Gasteiger partial charge in [0, 0.05) is 25.7 Å². The van der Waals surface area contributed by atoms with Crippen molar-refractivity contribution in [2.45, 2.75) is 51.1 Å². The van der Waals surface area contributed by atoms with Gasteiger partial charge in [0.2, 0.25) is 5.91 Å². The number of carbonyl (C=O) groups excluding carboxylic acids is 1. The topological polar surface area (TPSA) is 32.8 Å². The van der Waals surface area contributed by atoms with E-state index in [-0.39, 0.29) is 5.91 Å². The first-order valence-corrected chi connectivity index (χ1v) is 7.30. The molecule has 2 atom stereocenters. The lowest BCUT2D eigenvalue weighted by atomic mass is 10.0. The van der Waals surface area contributed by atoms with Crippen molar-refractivity contribution in [2.24, 2.45) is 0 Å².